The molecule has 0 aromatic rings. The maximum absolute atomic E-state index is 5.12. The molecule has 0 aromatic heterocycles. The molecule has 15 heavy (non-hydrogen) atoms. The molecule has 0 bridgehead atoms. The summed E-state index contributed by atoms with van der Waals surface area (Å²) < 4.78 is 5.12. The van der Waals surface area contributed by atoms with E-state index < -0.39 is 0 Å². The van der Waals surface area contributed by atoms with Crippen LogP contribution in [-0.2, 0) is 4.74 Å². The summed E-state index contributed by atoms with van der Waals surface area (Å²) in [6.45, 7) is 7.80. The predicted octanol–water partition coefficient (Wildman–Crippen LogP) is 2.68. The number of ether oxygens (including phenoxy) is 1. The van der Waals surface area contributed by atoms with Crippen molar-refractivity contribution in [1.82, 2.24) is 5.32 Å². The molecule has 1 aliphatic carbocycles. The summed E-state index contributed by atoms with van der Waals surface area (Å²) in [4.78, 5) is 0. The van der Waals surface area contributed by atoms with Gasteiger partial charge in [-0.3, -0.25) is 0 Å². The standard InChI is InChI=1S/C13H27NO/c1-11-5-4-6-13(7-11)9-14-8-12(2)10-15-3/h11-14H,4-10H2,1-3H3. The molecule has 0 amide bonds. The van der Waals surface area contributed by atoms with Crippen molar-refractivity contribution in [3.8, 4) is 0 Å². The van der Waals surface area contributed by atoms with Crippen LogP contribution in [0.25, 0.3) is 0 Å². The highest BCUT2D eigenvalue weighted by atomic mass is 16.5. The van der Waals surface area contributed by atoms with Crippen LogP contribution in [0.4, 0.5) is 0 Å². The quantitative estimate of drug-likeness (QED) is 0.732. The first kappa shape index (κ1) is 13.0. The highest BCUT2D eigenvalue weighted by Crippen LogP contribution is 2.27. The highest BCUT2D eigenvalue weighted by Gasteiger charge is 2.18. The van der Waals surface area contributed by atoms with Crippen LogP contribution in [0, 0.1) is 17.8 Å². The molecule has 1 N–H and O–H groups in total. The maximum atomic E-state index is 5.12. The van der Waals surface area contributed by atoms with Crippen molar-refractivity contribution < 1.29 is 4.74 Å². The van der Waals surface area contributed by atoms with E-state index in [1.807, 2.05) is 0 Å². The van der Waals surface area contributed by atoms with Crippen LogP contribution < -0.4 is 5.32 Å². The number of hydrogen-bond acceptors (Lipinski definition) is 2. The normalized spacial score (nSPS) is 29.0. The summed E-state index contributed by atoms with van der Waals surface area (Å²) in [5, 5.41) is 3.58. The minimum atomic E-state index is 0.635. The number of methoxy groups -OCH3 is 1. The monoisotopic (exact) mass is 213 g/mol. The summed E-state index contributed by atoms with van der Waals surface area (Å²) in [6.07, 6.45) is 5.72. The van der Waals surface area contributed by atoms with E-state index in [1.165, 1.54) is 32.2 Å². The smallest absolute Gasteiger partial charge is 0.0499 e. The second-order valence-electron chi connectivity index (χ2n) is 5.36. The molecule has 2 nitrogen and oxygen atoms in total. The third kappa shape index (κ3) is 5.53. The summed E-state index contributed by atoms with van der Waals surface area (Å²) in [7, 11) is 1.78. The first-order chi connectivity index (χ1) is 7.22. The van der Waals surface area contributed by atoms with Gasteiger partial charge in [-0.05, 0) is 43.7 Å². The molecular weight excluding hydrogens is 186 g/mol. The van der Waals surface area contributed by atoms with Gasteiger partial charge in [0.2, 0.25) is 0 Å². The molecule has 1 rings (SSSR count). The fraction of sp³-hybridized carbons (Fsp3) is 1.00. The summed E-state index contributed by atoms with van der Waals surface area (Å²) in [5.74, 6) is 2.50. The second kappa shape index (κ2) is 7.24. The lowest BCUT2D eigenvalue weighted by atomic mass is 9.82. The Morgan fingerprint density at radius 3 is 2.87 bits per heavy atom. The van der Waals surface area contributed by atoms with Gasteiger partial charge in [0.05, 0.1) is 0 Å². The molecule has 0 heterocycles. The Kier molecular flexibility index (Phi) is 6.26. The van der Waals surface area contributed by atoms with Crippen molar-refractivity contribution in [3.63, 3.8) is 0 Å². The topological polar surface area (TPSA) is 21.3 Å². The Bertz CT molecular complexity index is 161. The number of rotatable bonds is 6. The van der Waals surface area contributed by atoms with Gasteiger partial charge in [-0.2, -0.15) is 0 Å². The zero-order chi connectivity index (χ0) is 11.1. The van der Waals surface area contributed by atoms with Gasteiger partial charge in [0.25, 0.3) is 0 Å². The third-order valence-electron chi connectivity index (χ3n) is 3.42. The Morgan fingerprint density at radius 1 is 1.40 bits per heavy atom. The first-order valence-corrected chi connectivity index (χ1v) is 6.42. The fourth-order valence-electron chi connectivity index (χ4n) is 2.62. The lowest BCUT2D eigenvalue weighted by molar-refractivity contribution is 0.156. The Hall–Kier alpha value is -0.0800. The Balaban J connectivity index is 2.03. The van der Waals surface area contributed by atoms with E-state index >= 15 is 0 Å². The van der Waals surface area contributed by atoms with Gasteiger partial charge in [-0.1, -0.05) is 26.7 Å². The number of hydrogen-bond donors (Lipinski definition) is 1. The van der Waals surface area contributed by atoms with E-state index in [0.717, 1.165) is 25.0 Å². The van der Waals surface area contributed by atoms with Crippen molar-refractivity contribution in [2.75, 3.05) is 26.8 Å². The summed E-state index contributed by atoms with van der Waals surface area (Å²) in [6, 6.07) is 0. The van der Waals surface area contributed by atoms with Gasteiger partial charge in [0, 0.05) is 13.7 Å². The molecule has 0 radical (unpaired) electrons. The predicted molar refractivity (Wildman–Crippen MR) is 65.0 cm³/mol. The van der Waals surface area contributed by atoms with Gasteiger partial charge in [0.15, 0.2) is 0 Å². The molecule has 3 atom stereocenters. The van der Waals surface area contributed by atoms with Crippen LogP contribution in [0.1, 0.15) is 39.5 Å². The first-order valence-electron chi connectivity index (χ1n) is 6.42. The van der Waals surface area contributed by atoms with Crippen LogP contribution in [0.15, 0.2) is 0 Å². The van der Waals surface area contributed by atoms with E-state index in [2.05, 4.69) is 19.2 Å². The zero-order valence-electron chi connectivity index (χ0n) is 10.6. The SMILES string of the molecule is COCC(C)CNCC1CCCC(C)C1. The minimum absolute atomic E-state index is 0.635. The van der Waals surface area contributed by atoms with Gasteiger partial charge >= 0.3 is 0 Å². The number of nitrogens with one attached hydrogen (secondary N) is 1. The van der Waals surface area contributed by atoms with E-state index in [1.54, 1.807) is 7.11 Å². The lowest BCUT2D eigenvalue weighted by Crippen LogP contribution is -2.30. The molecule has 3 unspecified atom stereocenters. The molecule has 1 fully saturated rings. The molecule has 1 aliphatic rings. The molecule has 0 saturated heterocycles. The Morgan fingerprint density at radius 2 is 2.20 bits per heavy atom. The second-order valence-corrected chi connectivity index (χ2v) is 5.36. The van der Waals surface area contributed by atoms with Crippen LogP contribution in [0.3, 0.4) is 0 Å². The van der Waals surface area contributed by atoms with Crippen LogP contribution in [0.5, 0.6) is 0 Å². The average molecular weight is 213 g/mol. The van der Waals surface area contributed by atoms with E-state index in [0.29, 0.717) is 5.92 Å². The minimum Gasteiger partial charge on any atom is -0.384 e. The molecule has 2 heteroatoms. The molecule has 0 aromatic carbocycles. The Labute approximate surface area is 94.8 Å². The fourth-order valence-corrected chi connectivity index (χ4v) is 2.62. The average Bonchev–Trinajstić information content (AvgIpc) is 2.18. The molecule has 0 aliphatic heterocycles. The highest BCUT2D eigenvalue weighted by molar-refractivity contribution is 4.72. The third-order valence-corrected chi connectivity index (χ3v) is 3.42. The van der Waals surface area contributed by atoms with E-state index in [4.69, 9.17) is 4.74 Å². The van der Waals surface area contributed by atoms with Gasteiger partial charge in [0.1, 0.15) is 0 Å². The van der Waals surface area contributed by atoms with Crippen LogP contribution in [-0.4, -0.2) is 26.8 Å². The van der Waals surface area contributed by atoms with Gasteiger partial charge in [-0.15, -0.1) is 0 Å². The van der Waals surface area contributed by atoms with Crippen molar-refractivity contribution in [2.45, 2.75) is 39.5 Å². The van der Waals surface area contributed by atoms with Crippen molar-refractivity contribution in [1.29, 1.82) is 0 Å². The van der Waals surface area contributed by atoms with Gasteiger partial charge in [-0.25, -0.2) is 0 Å². The van der Waals surface area contributed by atoms with Crippen molar-refractivity contribution in [3.05, 3.63) is 0 Å². The largest absolute Gasteiger partial charge is 0.384 e. The van der Waals surface area contributed by atoms with Crippen LogP contribution in [0.2, 0.25) is 0 Å². The molecular formula is C13H27NO. The lowest BCUT2D eigenvalue weighted by Gasteiger charge is -2.27. The van der Waals surface area contributed by atoms with E-state index in [-0.39, 0.29) is 0 Å². The summed E-state index contributed by atoms with van der Waals surface area (Å²) in [5.41, 5.74) is 0. The van der Waals surface area contributed by atoms with Crippen LogP contribution >= 0.6 is 0 Å². The zero-order valence-corrected chi connectivity index (χ0v) is 10.6. The maximum Gasteiger partial charge on any atom is 0.0499 e. The van der Waals surface area contributed by atoms with Gasteiger partial charge < -0.3 is 10.1 Å². The molecule has 0 spiro atoms. The van der Waals surface area contributed by atoms with E-state index in [9.17, 15) is 0 Å². The molecule has 1 saturated carbocycles. The summed E-state index contributed by atoms with van der Waals surface area (Å²) >= 11 is 0. The van der Waals surface area contributed by atoms with Crippen molar-refractivity contribution >= 4 is 0 Å². The molecule has 90 valence electrons. The van der Waals surface area contributed by atoms with Crippen molar-refractivity contribution in [2.24, 2.45) is 17.8 Å².